The van der Waals surface area contributed by atoms with Gasteiger partial charge in [0.1, 0.15) is 5.83 Å². The van der Waals surface area contributed by atoms with E-state index in [1.54, 1.807) is 25.3 Å². The summed E-state index contributed by atoms with van der Waals surface area (Å²) in [6, 6.07) is 0. The summed E-state index contributed by atoms with van der Waals surface area (Å²) in [4.78, 5) is 16.8. The first-order valence-electron chi connectivity index (χ1n) is 6.60. The lowest BCUT2D eigenvalue weighted by Crippen LogP contribution is -2.22. The van der Waals surface area contributed by atoms with Crippen LogP contribution in [-0.4, -0.2) is 26.1 Å². The lowest BCUT2D eigenvalue weighted by Gasteiger charge is -2.15. The second kappa shape index (κ2) is 8.45. The van der Waals surface area contributed by atoms with E-state index in [0.29, 0.717) is 24.3 Å². The predicted molar refractivity (Wildman–Crippen MR) is 77.4 cm³/mol. The summed E-state index contributed by atoms with van der Waals surface area (Å²) in [6.45, 7) is 4.17. The fourth-order valence-electron chi connectivity index (χ4n) is 1.82. The molecule has 0 saturated heterocycles. The molecule has 5 heteroatoms. The first-order valence-corrected chi connectivity index (χ1v) is 6.60. The molecule has 0 aliphatic carbocycles. The highest BCUT2D eigenvalue weighted by Crippen LogP contribution is 2.20. The Hall–Kier alpha value is -1.72. The molecule has 0 unspecified atom stereocenters. The third kappa shape index (κ3) is 4.75. The molecule has 110 valence electrons. The highest BCUT2D eigenvalue weighted by atomic mass is 19.1. The largest absolute Gasteiger partial charge is 0.355 e. The lowest BCUT2D eigenvalue weighted by molar-refractivity contribution is -0.116. The van der Waals surface area contributed by atoms with Gasteiger partial charge in [-0.25, -0.2) is 4.39 Å². The first-order chi connectivity index (χ1) is 9.60. The van der Waals surface area contributed by atoms with Crippen LogP contribution in [0.5, 0.6) is 0 Å². The molecule has 0 atom stereocenters. The Morgan fingerprint density at radius 1 is 1.55 bits per heavy atom. The van der Waals surface area contributed by atoms with Gasteiger partial charge < -0.3 is 5.32 Å². The van der Waals surface area contributed by atoms with Gasteiger partial charge in [-0.1, -0.05) is 25.2 Å². The van der Waals surface area contributed by atoms with E-state index < -0.39 is 0 Å². The maximum Gasteiger partial charge on any atom is 0.250 e. The van der Waals surface area contributed by atoms with E-state index in [0.717, 1.165) is 12.0 Å². The van der Waals surface area contributed by atoms with Crippen molar-refractivity contribution in [3.05, 3.63) is 46.9 Å². The summed E-state index contributed by atoms with van der Waals surface area (Å²) >= 11 is 0. The topological polar surface area (TPSA) is 50.4 Å². The minimum atomic E-state index is -0.300. The molecule has 0 bridgehead atoms. The zero-order valence-corrected chi connectivity index (χ0v) is 12.1. The summed E-state index contributed by atoms with van der Waals surface area (Å²) < 4.78 is 13.7. The normalized spacial score (nSPS) is 17.8. The van der Waals surface area contributed by atoms with Crippen LogP contribution in [-0.2, 0) is 9.63 Å². The number of hydrogen-bond acceptors (Lipinski definition) is 3. The number of carbonyl (C=O) groups excluding carboxylic acids is 1. The number of allylic oxidation sites excluding steroid dienone is 3. The quantitative estimate of drug-likeness (QED) is 0.600. The molecule has 0 saturated carbocycles. The van der Waals surface area contributed by atoms with Crippen LogP contribution in [0.2, 0.25) is 0 Å². The van der Waals surface area contributed by atoms with Gasteiger partial charge in [0.2, 0.25) is 0 Å². The molecule has 0 aromatic rings. The molecule has 2 N–H and O–H groups in total. The maximum absolute atomic E-state index is 13.7. The molecule has 1 heterocycles. The van der Waals surface area contributed by atoms with Gasteiger partial charge in [0.15, 0.2) is 0 Å². The van der Waals surface area contributed by atoms with Gasteiger partial charge in [-0.2, -0.15) is 5.48 Å². The number of hydroxylamine groups is 1. The fourth-order valence-corrected chi connectivity index (χ4v) is 1.82. The first kappa shape index (κ1) is 16.3. The van der Waals surface area contributed by atoms with Gasteiger partial charge >= 0.3 is 0 Å². The molecule has 0 aromatic carbocycles. The van der Waals surface area contributed by atoms with Crippen molar-refractivity contribution in [3.63, 3.8) is 0 Å². The van der Waals surface area contributed by atoms with E-state index in [-0.39, 0.29) is 11.7 Å². The minimum Gasteiger partial charge on any atom is -0.355 e. The van der Waals surface area contributed by atoms with E-state index >= 15 is 0 Å². The summed E-state index contributed by atoms with van der Waals surface area (Å²) in [5, 5.41) is 2.56. The molecular weight excluding hydrogens is 259 g/mol. The van der Waals surface area contributed by atoms with Crippen LogP contribution >= 0.6 is 0 Å². The van der Waals surface area contributed by atoms with Crippen LogP contribution in [0.1, 0.15) is 20.3 Å². The summed E-state index contributed by atoms with van der Waals surface area (Å²) in [6.07, 6.45) is 7.65. The van der Waals surface area contributed by atoms with Gasteiger partial charge in [-0.3, -0.25) is 9.63 Å². The van der Waals surface area contributed by atoms with Crippen LogP contribution in [0, 0.1) is 0 Å². The van der Waals surface area contributed by atoms with Crippen molar-refractivity contribution in [1.29, 1.82) is 0 Å². The van der Waals surface area contributed by atoms with E-state index in [4.69, 9.17) is 4.84 Å². The minimum absolute atomic E-state index is 0.186. The van der Waals surface area contributed by atoms with E-state index in [1.807, 2.05) is 13.0 Å². The summed E-state index contributed by atoms with van der Waals surface area (Å²) in [5.41, 5.74) is 4.44. The standard InChI is InChI=1S/C15H21FN2O2/c1-4-5-12(15(19)17-3)6-7-14(11(2)16)13-8-9-18-20-10-13/h5-8,18H,4,9-10H2,1-3H3,(H,17,19)/b7-6-,12-5-,14-11-. The van der Waals surface area contributed by atoms with Crippen molar-refractivity contribution >= 4 is 5.91 Å². The molecule has 1 aliphatic rings. The van der Waals surface area contributed by atoms with Gasteiger partial charge in [-0.15, -0.1) is 0 Å². The van der Waals surface area contributed by atoms with Crippen molar-refractivity contribution in [2.75, 3.05) is 20.2 Å². The number of likely N-dealkylation sites (N-methyl/N-ethyl adjacent to an activating group) is 1. The summed E-state index contributed by atoms with van der Waals surface area (Å²) in [5.74, 6) is -0.486. The van der Waals surface area contributed by atoms with Gasteiger partial charge in [0.05, 0.1) is 6.61 Å². The summed E-state index contributed by atoms with van der Waals surface area (Å²) in [7, 11) is 1.57. The monoisotopic (exact) mass is 280 g/mol. The Bertz CT molecular complexity index is 472. The second-order valence-corrected chi connectivity index (χ2v) is 4.29. The third-order valence-electron chi connectivity index (χ3n) is 2.82. The van der Waals surface area contributed by atoms with E-state index in [9.17, 15) is 9.18 Å². The highest BCUT2D eigenvalue weighted by molar-refractivity contribution is 5.96. The van der Waals surface area contributed by atoms with Crippen molar-refractivity contribution < 1.29 is 14.0 Å². The molecule has 20 heavy (non-hydrogen) atoms. The van der Waals surface area contributed by atoms with Crippen LogP contribution in [0.25, 0.3) is 0 Å². The zero-order valence-electron chi connectivity index (χ0n) is 12.1. The van der Waals surface area contributed by atoms with Crippen molar-refractivity contribution in [1.82, 2.24) is 10.8 Å². The van der Waals surface area contributed by atoms with Crippen LogP contribution in [0.3, 0.4) is 0 Å². The van der Waals surface area contributed by atoms with Gasteiger partial charge in [0.25, 0.3) is 5.91 Å². The molecule has 0 radical (unpaired) electrons. The molecule has 1 rings (SSSR count). The molecule has 0 aromatic heterocycles. The smallest absolute Gasteiger partial charge is 0.250 e. The second-order valence-electron chi connectivity index (χ2n) is 4.29. The maximum atomic E-state index is 13.7. The van der Waals surface area contributed by atoms with Crippen LogP contribution in [0.15, 0.2) is 46.9 Å². The molecule has 0 fully saturated rings. The Balaban J connectivity index is 2.98. The van der Waals surface area contributed by atoms with Crippen molar-refractivity contribution in [3.8, 4) is 0 Å². The van der Waals surface area contributed by atoms with E-state index in [2.05, 4.69) is 10.8 Å². The van der Waals surface area contributed by atoms with Gasteiger partial charge in [-0.05, 0) is 25.0 Å². The fraction of sp³-hybridized carbons (Fsp3) is 0.400. The van der Waals surface area contributed by atoms with Gasteiger partial charge in [0, 0.05) is 24.7 Å². The highest BCUT2D eigenvalue weighted by Gasteiger charge is 2.11. The number of nitrogens with one attached hydrogen (secondary N) is 2. The third-order valence-corrected chi connectivity index (χ3v) is 2.82. The number of halogens is 1. The Kier molecular flexibility index (Phi) is 6.90. The Morgan fingerprint density at radius 2 is 2.30 bits per heavy atom. The number of amides is 1. The Labute approximate surface area is 119 Å². The zero-order chi connectivity index (χ0) is 15.0. The Morgan fingerprint density at radius 3 is 2.80 bits per heavy atom. The van der Waals surface area contributed by atoms with E-state index in [1.165, 1.54) is 6.92 Å². The van der Waals surface area contributed by atoms with Crippen LogP contribution in [0.4, 0.5) is 4.39 Å². The number of carbonyl (C=O) groups is 1. The lowest BCUT2D eigenvalue weighted by atomic mass is 10.0. The van der Waals surface area contributed by atoms with Crippen LogP contribution < -0.4 is 10.8 Å². The average Bonchev–Trinajstić information content (AvgIpc) is 2.46. The molecule has 1 aliphatic heterocycles. The molecule has 1 amide bonds. The molecular formula is C15H21FN2O2. The molecule has 0 spiro atoms. The SMILES string of the molecule is CC/C=C(/C=C\C(C1=CCNOC1)=C(/C)F)C(=O)NC. The van der Waals surface area contributed by atoms with Crippen molar-refractivity contribution in [2.45, 2.75) is 20.3 Å². The molecule has 4 nitrogen and oxygen atoms in total. The average molecular weight is 280 g/mol. The number of rotatable bonds is 5. The number of hydrogen-bond donors (Lipinski definition) is 2. The predicted octanol–water partition coefficient (Wildman–Crippen LogP) is 2.33. The van der Waals surface area contributed by atoms with Crippen molar-refractivity contribution in [2.24, 2.45) is 0 Å².